The van der Waals surface area contributed by atoms with Gasteiger partial charge in [-0.3, -0.25) is 4.79 Å². The molecule has 0 aliphatic heterocycles. The number of nitrogens with one attached hydrogen (secondary N) is 1. The van der Waals surface area contributed by atoms with Crippen LogP contribution in [0, 0.1) is 0 Å². The summed E-state index contributed by atoms with van der Waals surface area (Å²) in [6, 6.07) is 12.5. The minimum absolute atomic E-state index is 0.0320. The lowest BCUT2D eigenvalue weighted by Crippen LogP contribution is -2.30. The molecule has 24 heavy (non-hydrogen) atoms. The maximum atomic E-state index is 12.0. The number of carbonyl (C=O) groups excluding carboxylic acids is 2. The fourth-order valence-electron chi connectivity index (χ4n) is 2.00. The normalized spacial score (nSPS) is 10.2. The number of hydrogen-bond donors (Lipinski definition) is 2. The third kappa shape index (κ3) is 5.15. The molecule has 0 fully saturated rings. The fraction of sp³-hybridized carbons (Fsp3) is 0.176. The number of halogens is 2. The molecule has 1 amide bonds. The van der Waals surface area contributed by atoms with Gasteiger partial charge in [0.1, 0.15) is 0 Å². The van der Waals surface area contributed by atoms with Crippen LogP contribution in [-0.2, 0) is 16.0 Å². The average molecular weight is 367 g/mol. The maximum absolute atomic E-state index is 12.0. The zero-order chi connectivity index (χ0) is 17.5. The summed E-state index contributed by atoms with van der Waals surface area (Å²) >= 11 is 11.7. The monoisotopic (exact) mass is 366 g/mol. The lowest BCUT2D eigenvalue weighted by Gasteiger charge is -2.09. The lowest BCUT2D eigenvalue weighted by molar-refractivity contribution is -0.124. The first-order chi connectivity index (χ1) is 11.5. The molecule has 0 saturated heterocycles. The van der Waals surface area contributed by atoms with Crippen molar-refractivity contribution in [2.24, 2.45) is 0 Å². The first kappa shape index (κ1) is 18.1. The molecule has 0 unspecified atom stereocenters. The highest BCUT2D eigenvalue weighted by molar-refractivity contribution is 6.37. The number of benzene rings is 2. The van der Waals surface area contributed by atoms with E-state index in [4.69, 9.17) is 33.7 Å². The SMILES string of the molecule is Nc1c(Cl)cc(Cl)cc1C(=O)OCC(=O)NCCc1ccccc1. The van der Waals surface area contributed by atoms with Crippen molar-refractivity contribution in [2.75, 3.05) is 18.9 Å². The first-order valence-corrected chi connectivity index (χ1v) is 7.95. The summed E-state index contributed by atoms with van der Waals surface area (Å²) in [6.07, 6.45) is 0.692. The second kappa shape index (κ2) is 8.57. The van der Waals surface area contributed by atoms with Gasteiger partial charge in [-0.2, -0.15) is 0 Å². The zero-order valence-corrected chi connectivity index (χ0v) is 14.2. The maximum Gasteiger partial charge on any atom is 0.340 e. The Labute approximate surface area is 149 Å². The second-order valence-electron chi connectivity index (χ2n) is 5.01. The van der Waals surface area contributed by atoms with Crippen LogP contribution in [0.4, 0.5) is 5.69 Å². The minimum atomic E-state index is -0.755. The Morgan fingerprint density at radius 2 is 1.83 bits per heavy atom. The molecule has 2 aromatic rings. The molecular formula is C17H16Cl2N2O3. The van der Waals surface area contributed by atoms with Crippen molar-refractivity contribution in [1.82, 2.24) is 5.32 Å². The topological polar surface area (TPSA) is 81.4 Å². The molecule has 0 spiro atoms. The van der Waals surface area contributed by atoms with Gasteiger partial charge in [0.05, 0.1) is 16.3 Å². The predicted molar refractivity (Wildman–Crippen MR) is 94.3 cm³/mol. The Bertz CT molecular complexity index is 736. The van der Waals surface area contributed by atoms with Crippen LogP contribution in [0.1, 0.15) is 15.9 Å². The van der Waals surface area contributed by atoms with Crippen LogP contribution < -0.4 is 11.1 Å². The molecule has 0 atom stereocenters. The number of rotatable bonds is 6. The summed E-state index contributed by atoms with van der Waals surface area (Å²) in [6.45, 7) is 0.0444. The molecule has 0 aliphatic carbocycles. The van der Waals surface area contributed by atoms with Gasteiger partial charge in [0, 0.05) is 11.6 Å². The van der Waals surface area contributed by atoms with Crippen molar-refractivity contribution in [3.8, 4) is 0 Å². The second-order valence-corrected chi connectivity index (χ2v) is 5.85. The molecule has 0 aromatic heterocycles. The number of amides is 1. The van der Waals surface area contributed by atoms with E-state index in [9.17, 15) is 9.59 Å². The molecule has 0 heterocycles. The number of nitrogen functional groups attached to an aromatic ring is 1. The summed E-state index contributed by atoms with van der Waals surface area (Å²) in [4.78, 5) is 23.7. The van der Waals surface area contributed by atoms with Crippen LogP contribution in [0.15, 0.2) is 42.5 Å². The average Bonchev–Trinajstić information content (AvgIpc) is 2.57. The van der Waals surface area contributed by atoms with Crippen molar-refractivity contribution in [1.29, 1.82) is 0 Å². The van der Waals surface area contributed by atoms with Crippen LogP contribution in [0.2, 0.25) is 10.0 Å². The number of nitrogens with two attached hydrogens (primary N) is 1. The number of anilines is 1. The van der Waals surface area contributed by atoms with Gasteiger partial charge in [-0.05, 0) is 24.1 Å². The smallest absolute Gasteiger partial charge is 0.340 e. The number of esters is 1. The largest absolute Gasteiger partial charge is 0.452 e. The Morgan fingerprint density at radius 3 is 2.54 bits per heavy atom. The summed E-state index contributed by atoms with van der Waals surface area (Å²) < 4.78 is 4.94. The van der Waals surface area contributed by atoms with Gasteiger partial charge in [0.15, 0.2) is 6.61 Å². The Balaban J connectivity index is 1.80. The van der Waals surface area contributed by atoms with E-state index in [2.05, 4.69) is 5.32 Å². The predicted octanol–water partition coefficient (Wildman–Crippen LogP) is 3.09. The summed E-state index contributed by atoms with van der Waals surface area (Å²) in [5, 5.41) is 3.09. The lowest BCUT2D eigenvalue weighted by atomic mass is 10.1. The van der Waals surface area contributed by atoms with Gasteiger partial charge in [-0.25, -0.2) is 4.79 Å². The fourth-order valence-corrected chi connectivity index (χ4v) is 2.50. The zero-order valence-electron chi connectivity index (χ0n) is 12.7. The molecule has 5 nitrogen and oxygen atoms in total. The molecule has 0 bridgehead atoms. The molecular weight excluding hydrogens is 351 g/mol. The van der Waals surface area contributed by atoms with Gasteiger partial charge < -0.3 is 15.8 Å². The molecule has 126 valence electrons. The van der Waals surface area contributed by atoms with E-state index >= 15 is 0 Å². The molecule has 7 heteroatoms. The molecule has 3 N–H and O–H groups in total. The van der Waals surface area contributed by atoms with Crippen LogP contribution in [0.25, 0.3) is 0 Å². The Kier molecular flexibility index (Phi) is 6.46. The van der Waals surface area contributed by atoms with E-state index in [-0.39, 0.29) is 21.3 Å². The van der Waals surface area contributed by atoms with Crippen LogP contribution in [0.3, 0.4) is 0 Å². The Hall–Kier alpha value is -2.24. The van der Waals surface area contributed by atoms with Gasteiger partial charge >= 0.3 is 5.97 Å². The van der Waals surface area contributed by atoms with Crippen molar-refractivity contribution in [3.63, 3.8) is 0 Å². The highest BCUT2D eigenvalue weighted by Crippen LogP contribution is 2.27. The van der Waals surface area contributed by atoms with Crippen molar-refractivity contribution in [2.45, 2.75) is 6.42 Å². The van der Waals surface area contributed by atoms with Crippen LogP contribution in [0.5, 0.6) is 0 Å². The van der Waals surface area contributed by atoms with E-state index in [0.717, 1.165) is 5.56 Å². The molecule has 2 rings (SSSR count). The minimum Gasteiger partial charge on any atom is -0.452 e. The van der Waals surface area contributed by atoms with Crippen LogP contribution in [-0.4, -0.2) is 25.0 Å². The Morgan fingerprint density at radius 1 is 1.12 bits per heavy atom. The molecule has 2 aromatic carbocycles. The van der Waals surface area contributed by atoms with Gasteiger partial charge in [0.25, 0.3) is 5.91 Å². The van der Waals surface area contributed by atoms with Crippen LogP contribution >= 0.6 is 23.2 Å². The van der Waals surface area contributed by atoms with Gasteiger partial charge in [-0.15, -0.1) is 0 Å². The van der Waals surface area contributed by atoms with Crippen molar-refractivity contribution < 1.29 is 14.3 Å². The van der Waals surface area contributed by atoms with E-state index in [1.54, 1.807) is 0 Å². The van der Waals surface area contributed by atoms with E-state index < -0.39 is 18.5 Å². The first-order valence-electron chi connectivity index (χ1n) is 7.19. The number of carbonyl (C=O) groups is 2. The third-order valence-corrected chi connectivity index (χ3v) is 3.76. The molecule has 0 radical (unpaired) electrons. The van der Waals surface area contributed by atoms with Crippen molar-refractivity contribution in [3.05, 3.63) is 63.6 Å². The van der Waals surface area contributed by atoms with E-state index in [1.165, 1.54) is 12.1 Å². The van der Waals surface area contributed by atoms with Gasteiger partial charge in [-0.1, -0.05) is 53.5 Å². The molecule has 0 aliphatic rings. The summed E-state index contributed by atoms with van der Waals surface area (Å²) in [5.74, 6) is -1.15. The molecule has 0 saturated carbocycles. The number of hydrogen-bond acceptors (Lipinski definition) is 4. The number of ether oxygens (including phenoxy) is 1. The summed E-state index contributed by atoms with van der Waals surface area (Å²) in [7, 11) is 0. The van der Waals surface area contributed by atoms with Crippen molar-refractivity contribution >= 4 is 40.8 Å². The van der Waals surface area contributed by atoms with E-state index in [0.29, 0.717) is 13.0 Å². The highest BCUT2D eigenvalue weighted by atomic mass is 35.5. The quantitative estimate of drug-likeness (QED) is 0.607. The van der Waals surface area contributed by atoms with E-state index in [1.807, 2.05) is 30.3 Å². The van der Waals surface area contributed by atoms with Gasteiger partial charge in [0.2, 0.25) is 0 Å². The highest BCUT2D eigenvalue weighted by Gasteiger charge is 2.16. The standard InChI is InChI=1S/C17H16Cl2N2O3/c18-12-8-13(16(20)14(19)9-12)17(23)24-10-15(22)21-7-6-11-4-2-1-3-5-11/h1-5,8-9H,6-7,10,20H2,(H,21,22). The summed E-state index contributed by atoms with van der Waals surface area (Å²) in [5.41, 5.74) is 6.92. The third-order valence-electron chi connectivity index (χ3n) is 3.23.